The second-order valence-corrected chi connectivity index (χ2v) is 8.23. The zero-order valence-corrected chi connectivity index (χ0v) is 19.1. The molecule has 13 heteroatoms. The molecule has 0 amide bonds. The maximum absolute atomic E-state index is 13.7. The molecule has 36 heavy (non-hydrogen) atoms. The van der Waals surface area contributed by atoms with Gasteiger partial charge in [-0.2, -0.15) is 9.89 Å². The molecule has 0 fully saturated rings. The largest absolute Gasteiger partial charge is 0.565 e. The van der Waals surface area contributed by atoms with Crippen LogP contribution in [0.25, 0.3) is 28.3 Å². The fourth-order valence-corrected chi connectivity index (χ4v) is 4.13. The summed E-state index contributed by atoms with van der Waals surface area (Å²) in [6, 6.07) is 10.3. The van der Waals surface area contributed by atoms with Crippen molar-refractivity contribution >= 4 is 28.8 Å². The van der Waals surface area contributed by atoms with Gasteiger partial charge in [0.1, 0.15) is 31.0 Å². The number of hydrogen-bond acceptors (Lipinski definition) is 7. The summed E-state index contributed by atoms with van der Waals surface area (Å²) < 4.78 is 33.5. The molecule has 5 heterocycles. The molecule has 0 aliphatic carbocycles. The van der Waals surface area contributed by atoms with Crippen molar-refractivity contribution in [2.24, 2.45) is 14.1 Å². The number of nitrogens with one attached hydrogen (secondary N) is 1. The van der Waals surface area contributed by atoms with Crippen LogP contribution < -0.4 is 20.1 Å². The van der Waals surface area contributed by atoms with Crippen molar-refractivity contribution in [2.45, 2.75) is 6.54 Å². The van der Waals surface area contributed by atoms with Crippen molar-refractivity contribution in [2.75, 3.05) is 5.32 Å². The molecule has 1 N–H and O–H groups in total. The Kier molecular flexibility index (Phi) is 4.84. The number of anilines is 2. The van der Waals surface area contributed by atoms with Gasteiger partial charge in [-0.3, -0.25) is 4.68 Å². The summed E-state index contributed by atoms with van der Waals surface area (Å²) in [6.45, 7) is -0.0746. The maximum Gasteiger partial charge on any atom is 0.565 e. The van der Waals surface area contributed by atoms with Crippen molar-refractivity contribution in [1.82, 2.24) is 34.3 Å². The van der Waals surface area contributed by atoms with E-state index in [2.05, 4.69) is 30.6 Å². The fraction of sp³-hybridized carbons (Fsp3) is 0.130. The Morgan fingerprint density at radius 2 is 1.83 bits per heavy atom. The second-order valence-electron chi connectivity index (χ2n) is 8.23. The van der Waals surface area contributed by atoms with Crippen LogP contribution >= 0.6 is 0 Å². The first-order valence-electron chi connectivity index (χ1n) is 10.9. The van der Waals surface area contributed by atoms with Crippen LogP contribution in [0, 0.1) is 11.6 Å². The molecule has 0 saturated heterocycles. The lowest BCUT2D eigenvalue weighted by atomic mass is 10.2. The van der Waals surface area contributed by atoms with Gasteiger partial charge in [0, 0.05) is 42.6 Å². The van der Waals surface area contributed by atoms with Crippen molar-refractivity contribution in [3.05, 3.63) is 82.5 Å². The van der Waals surface area contributed by atoms with Gasteiger partial charge in [0.2, 0.25) is 5.95 Å². The van der Waals surface area contributed by atoms with E-state index in [4.69, 9.17) is 0 Å². The number of aromatic nitrogens is 9. The van der Waals surface area contributed by atoms with E-state index in [1.165, 1.54) is 21.3 Å². The van der Waals surface area contributed by atoms with E-state index >= 15 is 0 Å². The molecule has 0 radical (unpaired) electrons. The average Bonchev–Trinajstić information content (AvgIpc) is 3.46. The summed E-state index contributed by atoms with van der Waals surface area (Å²) >= 11 is 0. The van der Waals surface area contributed by atoms with Crippen molar-refractivity contribution < 1.29 is 17.9 Å². The lowest BCUT2D eigenvalue weighted by molar-refractivity contribution is -0.815. The Bertz CT molecular complexity index is 1810. The molecule has 0 saturated carbocycles. The summed E-state index contributed by atoms with van der Waals surface area (Å²) in [7, 11) is 3.41. The number of rotatable bonds is 5. The molecule has 0 spiro atoms. The van der Waals surface area contributed by atoms with E-state index in [0.29, 0.717) is 34.1 Å². The monoisotopic (exact) mass is 488 g/mol. The topological polar surface area (TPSA) is 111 Å². The summed E-state index contributed by atoms with van der Waals surface area (Å²) in [5.74, 6) is -0.0867. The Balaban J connectivity index is 1.45. The smallest absolute Gasteiger partial charge is 0.309 e. The average molecular weight is 488 g/mol. The van der Waals surface area contributed by atoms with Crippen molar-refractivity contribution in [3.8, 4) is 11.3 Å². The van der Waals surface area contributed by atoms with Crippen LogP contribution in [0.15, 0.2) is 59.7 Å². The van der Waals surface area contributed by atoms with Crippen LogP contribution in [0.1, 0.15) is 5.56 Å². The van der Waals surface area contributed by atoms with Crippen molar-refractivity contribution in [3.63, 3.8) is 0 Å². The SMILES string of the molecule is Cn1nccc1Nc1nccc(-c2cc3nnc4n3c(c2)[n+](C)c(=O)[n+]4Cc2cc(F)cc(F)c2)n1. The number of nitrogens with zero attached hydrogens (tertiary/aromatic N) is 9. The Morgan fingerprint density at radius 1 is 1.03 bits per heavy atom. The number of hydrogen-bond donors (Lipinski definition) is 1. The van der Waals surface area contributed by atoms with Gasteiger partial charge in [-0.15, -0.1) is 4.57 Å². The molecule has 0 bridgehead atoms. The van der Waals surface area contributed by atoms with Crippen LogP contribution in [-0.2, 0) is 20.6 Å². The minimum absolute atomic E-state index is 0.0746. The van der Waals surface area contributed by atoms with E-state index in [1.807, 2.05) is 0 Å². The minimum atomic E-state index is -0.721. The molecular weight excluding hydrogens is 470 g/mol. The first kappa shape index (κ1) is 21.6. The van der Waals surface area contributed by atoms with E-state index in [0.717, 1.165) is 11.9 Å². The van der Waals surface area contributed by atoms with Gasteiger partial charge < -0.3 is 5.32 Å². The zero-order valence-electron chi connectivity index (χ0n) is 19.1. The summed E-state index contributed by atoms with van der Waals surface area (Å²) in [4.78, 5) is 22.1. The highest BCUT2D eigenvalue weighted by Gasteiger charge is 2.32. The van der Waals surface area contributed by atoms with Gasteiger partial charge in [0.25, 0.3) is 5.65 Å². The third-order valence-corrected chi connectivity index (χ3v) is 5.85. The summed E-state index contributed by atoms with van der Waals surface area (Å²) in [5, 5.41) is 15.7. The molecule has 0 aliphatic heterocycles. The molecule has 6 rings (SSSR count). The molecule has 11 nitrogen and oxygen atoms in total. The third-order valence-electron chi connectivity index (χ3n) is 5.85. The third kappa shape index (κ3) is 3.57. The molecular formula is C23H18F2N10O+2. The molecule has 5 aromatic heterocycles. The normalized spacial score (nSPS) is 11.6. The van der Waals surface area contributed by atoms with Crippen LogP contribution in [-0.4, -0.2) is 34.3 Å². The van der Waals surface area contributed by atoms with E-state index < -0.39 is 17.3 Å². The highest BCUT2D eigenvalue weighted by Crippen LogP contribution is 2.22. The lowest BCUT2D eigenvalue weighted by Crippen LogP contribution is -2.67. The standard InChI is InChI=1S/C23H17F2N10O/c1-32-20-10-14(17-3-5-26-21(28-17)29-18-4-6-27-33(18)2)9-19-30-31-22(35(19)20)34(23(32)36)12-13-7-15(24)11-16(25)8-13/h3-11H,12H2,1-2H3/q+1/p+1. The Hall–Kier alpha value is -4.94. The molecule has 0 unspecified atom stereocenters. The molecule has 0 aliphatic rings. The predicted molar refractivity (Wildman–Crippen MR) is 122 cm³/mol. The summed E-state index contributed by atoms with van der Waals surface area (Å²) in [5.41, 5.74) is 2.19. The number of pyridine rings is 1. The van der Waals surface area contributed by atoms with Crippen LogP contribution in [0.2, 0.25) is 0 Å². The zero-order chi connectivity index (χ0) is 25.0. The number of benzene rings is 1. The Morgan fingerprint density at radius 3 is 2.58 bits per heavy atom. The van der Waals surface area contributed by atoms with Gasteiger partial charge in [-0.1, -0.05) is 14.1 Å². The first-order chi connectivity index (χ1) is 17.4. The van der Waals surface area contributed by atoms with E-state index in [-0.39, 0.29) is 12.3 Å². The molecule has 6 aromatic rings. The lowest BCUT2D eigenvalue weighted by Gasteiger charge is -2.06. The Labute approximate surface area is 201 Å². The van der Waals surface area contributed by atoms with Gasteiger partial charge >= 0.3 is 17.1 Å². The summed E-state index contributed by atoms with van der Waals surface area (Å²) in [6.07, 6.45) is 3.29. The highest BCUT2D eigenvalue weighted by atomic mass is 19.1. The van der Waals surface area contributed by atoms with E-state index in [1.54, 1.807) is 59.8 Å². The maximum atomic E-state index is 13.7. The molecule has 178 valence electrons. The van der Waals surface area contributed by atoms with Gasteiger partial charge in [-0.05, 0) is 23.3 Å². The van der Waals surface area contributed by atoms with Gasteiger partial charge in [0.05, 0.1) is 18.0 Å². The van der Waals surface area contributed by atoms with Gasteiger partial charge in [-0.25, -0.2) is 18.7 Å². The molecule has 0 atom stereocenters. The fourth-order valence-electron chi connectivity index (χ4n) is 4.13. The second kappa shape index (κ2) is 8.08. The predicted octanol–water partition coefficient (Wildman–Crippen LogP) is 1.05. The molecule has 1 aromatic carbocycles. The van der Waals surface area contributed by atoms with Crippen LogP contribution in [0.3, 0.4) is 0 Å². The highest BCUT2D eigenvalue weighted by molar-refractivity contribution is 5.71. The van der Waals surface area contributed by atoms with Crippen LogP contribution in [0.4, 0.5) is 20.5 Å². The van der Waals surface area contributed by atoms with E-state index in [9.17, 15) is 13.6 Å². The van der Waals surface area contributed by atoms with Gasteiger partial charge in [0.15, 0.2) is 0 Å². The van der Waals surface area contributed by atoms with Crippen molar-refractivity contribution in [1.29, 1.82) is 0 Å². The number of halogens is 2. The van der Waals surface area contributed by atoms with Crippen LogP contribution in [0.5, 0.6) is 0 Å². The first-order valence-corrected chi connectivity index (χ1v) is 10.9. The quantitative estimate of drug-likeness (QED) is 0.361. The number of aryl methyl sites for hydroxylation is 2. The minimum Gasteiger partial charge on any atom is -0.309 e.